The molecule has 1 unspecified atom stereocenters. The van der Waals surface area contributed by atoms with Crippen LogP contribution in [-0.2, 0) is 9.59 Å². The third-order valence-electron chi connectivity index (χ3n) is 4.56. The highest BCUT2D eigenvalue weighted by Gasteiger charge is 2.18. The Morgan fingerprint density at radius 3 is 2.62 bits per heavy atom. The van der Waals surface area contributed by atoms with E-state index in [1.165, 1.54) is 0 Å². The number of benzene rings is 1. The Labute approximate surface area is 153 Å². The first-order valence-electron chi connectivity index (χ1n) is 9.05. The second kappa shape index (κ2) is 8.56. The van der Waals surface area contributed by atoms with Crippen LogP contribution < -0.4 is 10.1 Å². The number of carbonyl (C=O) groups is 2. The number of carbonyl (C=O) groups excluding carboxylic acids is 2. The summed E-state index contributed by atoms with van der Waals surface area (Å²) in [5.74, 6) is 0.530. The molecule has 1 aromatic carbocycles. The van der Waals surface area contributed by atoms with Gasteiger partial charge in [-0.3, -0.25) is 9.59 Å². The van der Waals surface area contributed by atoms with Crippen molar-refractivity contribution in [3.05, 3.63) is 48.8 Å². The van der Waals surface area contributed by atoms with Crippen molar-refractivity contribution in [3.63, 3.8) is 0 Å². The van der Waals surface area contributed by atoms with Gasteiger partial charge in [-0.1, -0.05) is 6.07 Å². The Morgan fingerprint density at radius 2 is 1.88 bits per heavy atom. The van der Waals surface area contributed by atoms with Crippen LogP contribution in [0.25, 0.3) is 0 Å². The number of nitrogens with zero attached hydrogens (tertiary/aromatic N) is 2. The molecule has 1 fully saturated rings. The highest BCUT2D eigenvalue weighted by molar-refractivity contribution is 5.91. The first kappa shape index (κ1) is 18.0. The van der Waals surface area contributed by atoms with Crippen LogP contribution in [0.3, 0.4) is 0 Å². The van der Waals surface area contributed by atoms with E-state index in [0.29, 0.717) is 17.9 Å². The van der Waals surface area contributed by atoms with Gasteiger partial charge in [0.25, 0.3) is 5.91 Å². The molecule has 2 heterocycles. The SMILES string of the molecule is CC(CC(=O)Nc1cccc(OCC(=O)N2CCCC2)c1)n1cccc1. The second-order valence-electron chi connectivity index (χ2n) is 6.64. The second-order valence-corrected chi connectivity index (χ2v) is 6.64. The molecule has 0 spiro atoms. The van der Waals surface area contributed by atoms with E-state index in [-0.39, 0.29) is 24.5 Å². The van der Waals surface area contributed by atoms with Gasteiger partial charge in [0, 0.05) is 49.7 Å². The summed E-state index contributed by atoms with van der Waals surface area (Å²) in [5.41, 5.74) is 0.667. The van der Waals surface area contributed by atoms with Gasteiger partial charge < -0.3 is 19.5 Å². The fourth-order valence-electron chi connectivity index (χ4n) is 3.09. The Bertz CT molecular complexity index is 737. The van der Waals surface area contributed by atoms with Crippen molar-refractivity contribution in [2.45, 2.75) is 32.2 Å². The number of nitrogens with one attached hydrogen (secondary N) is 1. The zero-order valence-corrected chi connectivity index (χ0v) is 15.1. The van der Waals surface area contributed by atoms with E-state index in [1.54, 1.807) is 18.2 Å². The molecule has 6 nitrogen and oxygen atoms in total. The van der Waals surface area contributed by atoms with Gasteiger partial charge in [0.15, 0.2) is 6.61 Å². The molecule has 26 heavy (non-hydrogen) atoms. The largest absolute Gasteiger partial charge is 0.484 e. The van der Waals surface area contributed by atoms with E-state index >= 15 is 0 Å². The van der Waals surface area contributed by atoms with Crippen LogP contribution in [0.15, 0.2) is 48.8 Å². The maximum Gasteiger partial charge on any atom is 0.260 e. The molecule has 1 aliphatic heterocycles. The lowest BCUT2D eigenvalue weighted by molar-refractivity contribution is -0.132. The van der Waals surface area contributed by atoms with Crippen molar-refractivity contribution in [1.82, 2.24) is 9.47 Å². The predicted octanol–water partition coefficient (Wildman–Crippen LogP) is 3.08. The molecule has 0 radical (unpaired) electrons. The summed E-state index contributed by atoms with van der Waals surface area (Å²) in [5, 5.41) is 2.89. The molecule has 1 aromatic heterocycles. The van der Waals surface area contributed by atoms with Gasteiger partial charge in [0.1, 0.15) is 5.75 Å². The van der Waals surface area contributed by atoms with Crippen LogP contribution in [0.2, 0.25) is 0 Å². The van der Waals surface area contributed by atoms with E-state index < -0.39 is 0 Å². The standard InChI is InChI=1S/C20H25N3O3/c1-16(22-9-2-3-10-22)13-19(24)21-17-7-6-8-18(14-17)26-15-20(25)23-11-4-5-12-23/h2-3,6-10,14,16H,4-5,11-13,15H2,1H3,(H,21,24). The average Bonchev–Trinajstić information content (AvgIpc) is 3.33. The minimum atomic E-state index is -0.0588. The Morgan fingerprint density at radius 1 is 1.15 bits per heavy atom. The Hall–Kier alpha value is -2.76. The topological polar surface area (TPSA) is 63.6 Å². The molecule has 3 rings (SSSR count). The fourth-order valence-corrected chi connectivity index (χ4v) is 3.09. The number of rotatable bonds is 7. The van der Waals surface area contributed by atoms with Crippen LogP contribution in [-0.4, -0.2) is 41.0 Å². The van der Waals surface area contributed by atoms with E-state index in [9.17, 15) is 9.59 Å². The zero-order valence-electron chi connectivity index (χ0n) is 15.1. The first-order chi connectivity index (χ1) is 12.6. The number of hydrogen-bond acceptors (Lipinski definition) is 3. The van der Waals surface area contributed by atoms with Gasteiger partial charge in [-0.15, -0.1) is 0 Å². The minimum absolute atomic E-state index is 0.0116. The molecule has 1 aliphatic rings. The first-order valence-corrected chi connectivity index (χ1v) is 9.05. The molecule has 2 amide bonds. The van der Waals surface area contributed by atoms with Crippen molar-refractivity contribution < 1.29 is 14.3 Å². The number of anilines is 1. The summed E-state index contributed by atoms with van der Waals surface area (Å²) in [6.45, 7) is 3.67. The third-order valence-corrected chi connectivity index (χ3v) is 4.56. The molecule has 1 saturated heterocycles. The van der Waals surface area contributed by atoms with E-state index in [1.807, 2.05) is 47.0 Å². The number of hydrogen-bond donors (Lipinski definition) is 1. The van der Waals surface area contributed by atoms with E-state index in [2.05, 4.69) is 5.32 Å². The summed E-state index contributed by atoms with van der Waals surface area (Å²) in [7, 11) is 0. The Kier molecular flexibility index (Phi) is 5.94. The van der Waals surface area contributed by atoms with Crippen LogP contribution >= 0.6 is 0 Å². The molecule has 0 saturated carbocycles. The van der Waals surface area contributed by atoms with Crippen molar-refractivity contribution in [1.29, 1.82) is 0 Å². The molecule has 2 aromatic rings. The van der Waals surface area contributed by atoms with Crippen LogP contribution in [0.1, 0.15) is 32.2 Å². The zero-order chi connectivity index (χ0) is 18.4. The normalized spacial score (nSPS) is 14.9. The molecule has 0 aliphatic carbocycles. The van der Waals surface area contributed by atoms with Gasteiger partial charge in [0.2, 0.25) is 5.91 Å². The lowest BCUT2D eigenvalue weighted by atomic mass is 10.2. The molecule has 0 bridgehead atoms. The monoisotopic (exact) mass is 355 g/mol. The van der Waals surface area contributed by atoms with Crippen molar-refractivity contribution in [2.24, 2.45) is 0 Å². The predicted molar refractivity (Wildman–Crippen MR) is 100 cm³/mol. The van der Waals surface area contributed by atoms with Gasteiger partial charge in [0.05, 0.1) is 0 Å². The number of likely N-dealkylation sites (tertiary alicyclic amines) is 1. The lowest BCUT2D eigenvalue weighted by Gasteiger charge is -2.16. The molecular weight excluding hydrogens is 330 g/mol. The van der Waals surface area contributed by atoms with Crippen LogP contribution in [0.5, 0.6) is 5.75 Å². The molecule has 6 heteroatoms. The molecular formula is C20H25N3O3. The van der Waals surface area contributed by atoms with Crippen LogP contribution in [0.4, 0.5) is 5.69 Å². The van der Waals surface area contributed by atoms with Gasteiger partial charge in [-0.25, -0.2) is 0 Å². The van der Waals surface area contributed by atoms with Crippen LogP contribution in [0, 0.1) is 0 Å². The summed E-state index contributed by atoms with van der Waals surface area (Å²) < 4.78 is 7.60. The minimum Gasteiger partial charge on any atom is -0.484 e. The Balaban J connectivity index is 1.50. The van der Waals surface area contributed by atoms with Crippen molar-refractivity contribution in [2.75, 3.05) is 25.0 Å². The summed E-state index contributed by atoms with van der Waals surface area (Å²) in [4.78, 5) is 26.1. The summed E-state index contributed by atoms with van der Waals surface area (Å²) >= 11 is 0. The highest BCUT2D eigenvalue weighted by Crippen LogP contribution is 2.19. The molecule has 1 atom stereocenters. The smallest absolute Gasteiger partial charge is 0.260 e. The average molecular weight is 355 g/mol. The quantitative estimate of drug-likeness (QED) is 0.830. The van der Waals surface area contributed by atoms with Crippen molar-refractivity contribution in [3.8, 4) is 5.75 Å². The third kappa shape index (κ3) is 4.88. The lowest BCUT2D eigenvalue weighted by Crippen LogP contribution is -2.32. The maximum atomic E-state index is 12.2. The van der Waals surface area contributed by atoms with Gasteiger partial charge in [-0.05, 0) is 44.0 Å². The van der Waals surface area contributed by atoms with Gasteiger partial charge >= 0.3 is 0 Å². The van der Waals surface area contributed by atoms with E-state index in [4.69, 9.17) is 4.74 Å². The molecule has 1 N–H and O–H groups in total. The van der Waals surface area contributed by atoms with E-state index in [0.717, 1.165) is 25.9 Å². The number of ether oxygens (including phenoxy) is 1. The summed E-state index contributed by atoms with van der Waals surface area (Å²) in [6, 6.07) is 11.1. The number of amides is 2. The fraction of sp³-hybridized carbons (Fsp3) is 0.400. The highest BCUT2D eigenvalue weighted by atomic mass is 16.5. The van der Waals surface area contributed by atoms with Crippen molar-refractivity contribution >= 4 is 17.5 Å². The molecule has 138 valence electrons. The number of aromatic nitrogens is 1. The summed E-state index contributed by atoms with van der Waals surface area (Å²) in [6.07, 6.45) is 6.41. The maximum absolute atomic E-state index is 12.2. The van der Waals surface area contributed by atoms with Gasteiger partial charge in [-0.2, -0.15) is 0 Å².